The molecule has 0 spiro atoms. The smallest absolute Gasteiger partial charge is 0.417 e. The van der Waals surface area contributed by atoms with Crippen molar-refractivity contribution in [3.8, 4) is 5.75 Å². The van der Waals surface area contributed by atoms with Crippen molar-refractivity contribution in [2.75, 3.05) is 32.8 Å². The summed E-state index contributed by atoms with van der Waals surface area (Å²) in [4.78, 5) is 13.2. The molecule has 2 aromatic carbocycles. The van der Waals surface area contributed by atoms with Gasteiger partial charge in [-0.25, -0.2) is 8.42 Å². The number of carbonyl (C=O) groups excluding carboxylic acids is 1. The molecular formula is C22H23F3N2O4S. The molecule has 32 heavy (non-hydrogen) atoms. The van der Waals surface area contributed by atoms with Gasteiger partial charge in [-0.1, -0.05) is 18.2 Å². The first-order valence-electron chi connectivity index (χ1n) is 10.3. The number of rotatable bonds is 5. The maximum absolute atomic E-state index is 13.3. The van der Waals surface area contributed by atoms with Gasteiger partial charge < -0.3 is 9.64 Å². The minimum absolute atomic E-state index is 0.0831. The Bertz CT molecular complexity index is 1110. The molecule has 0 radical (unpaired) electrons. The van der Waals surface area contributed by atoms with E-state index in [0.29, 0.717) is 5.75 Å². The monoisotopic (exact) mass is 468 g/mol. The zero-order valence-corrected chi connectivity index (χ0v) is 18.1. The van der Waals surface area contributed by atoms with Gasteiger partial charge in [-0.05, 0) is 54.7 Å². The second-order valence-corrected chi connectivity index (χ2v) is 9.76. The molecule has 2 aliphatic rings. The molecule has 10 heteroatoms. The van der Waals surface area contributed by atoms with Crippen molar-refractivity contribution in [3.63, 3.8) is 0 Å². The molecule has 1 fully saturated rings. The van der Waals surface area contributed by atoms with Crippen LogP contribution in [0.4, 0.5) is 13.2 Å². The lowest BCUT2D eigenvalue weighted by Crippen LogP contribution is -2.51. The van der Waals surface area contributed by atoms with Gasteiger partial charge in [0.25, 0.3) is 5.91 Å². The van der Waals surface area contributed by atoms with E-state index in [1.54, 1.807) is 0 Å². The number of amides is 1. The van der Waals surface area contributed by atoms with E-state index in [2.05, 4.69) is 0 Å². The van der Waals surface area contributed by atoms with Crippen LogP contribution in [-0.4, -0.2) is 56.3 Å². The number of benzene rings is 2. The van der Waals surface area contributed by atoms with Crippen molar-refractivity contribution in [1.29, 1.82) is 0 Å². The van der Waals surface area contributed by atoms with Gasteiger partial charge in [0.2, 0.25) is 10.0 Å². The zero-order valence-electron chi connectivity index (χ0n) is 17.3. The van der Waals surface area contributed by atoms with E-state index >= 15 is 0 Å². The maximum atomic E-state index is 13.3. The fourth-order valence-electron chi connectivity index (χ4n) is 4.12. The number of aryl methyl sites for hydroxylation is 2. The highest BCUT2D eigenvalue weighted by atomic mass is 32.2. The zero-order chi connectivity index (χ0) is 22.9. The number of halogens is 3. The molecule has 1 aliphatic carbocycles. The first-order valence-corrected chi connectivity index (χ1v) is 11.8. The number of hydrogen-bond donors (Lipinski definition) is 0. The third-order valence-electron chi connectivity index (χ3n) is 5.83. The lowest BCUT2D eigenvalue weighted by Gasteiger charge is -2.34. The minimum Gasteiger partial charge on any atom is -0.484 e. The van der Waals surface area contributed by atoms with Gasteiger partial charge in [-0.2, -0.15) is 17.5 Å². The molecule has 0 saturated carbocycles. The summed E-state index contributed by atoms with van der Waals surface area (Å²) in [5.74, 6) is 0.321. The van der Waals surface area contributed by atoms with E-state index in [4.69, 9.17) is 4.74 Å². The van der Waals surface area contributed by atoms with Crippen molar-refractivity contribution >= 4 is 15.9 Å². The van der Waals surface area contributed by atoms with Gasteiger partial charge in [0, 0.05) is 26.2 Å². The van der Waals surface area contributed by atoms with Crippen molar-refractivity contribution < 1.29 is 31.1 Å². The molecule has 0 aromatic heterocycles. The van der Waals surface area contributed by atoms with Gasteiger partial charge >= 0.3 is 6.18 Å². The van der Waals surface area contributed by atoms with Crippen LogP contribution in [0.15, 0.2) is 47.4 Å². The average Bonchev–Trinajstić information content (AvgIpc) is 3.25. The van der Waals surface area contributed by atoms with Crippen LogP contribution in [0.2, 0.25) is 0 Å². The number of alkyl halides is 3. The van der Waals surface area contributed by atoms with Gasteiger partial charge in [-0.15, -0.1) is 0 Å². The molecule has 1 saturated heterocycles. The van der Waals surface area contributed by atoms with Crippen molar-refractivity contribution in [2.45, 2.75) is 30.3 Å². The van der Waals surface area contributed by atoms with Crippen molar-refractivity contribution in [3.05, 3.63) is 59.2 Å². The predicted molar refractivity (Wildman–Crippen MR) is 111 cm³/mol. The molecule has 1 heterocycles. The Morgan fingerprint density at radius 2 is 1.66 bits per heavy atom. The lowest BCUT2D eigenvalue weighted by atomic mass is 10.1. The Balaban J connectivity index is 1.36. The molecule has 2 aromatic rings. The summed E-state index contributed by atoms with van der Waals surface area (Å²) in [6, 6.07) is 9.91. The van der Waals surface area contributed by atoms with Gasteiger partial charge in [0.15, 0.2) is 6.61 Å². The van der Waals surface area contributed by atoms with E-state index in [1.165, 1.54) is 22.1 Å². The second-order valence-electron chi connectivity index (χ2n) is 7.85. The number of ether oxygens (including phenoxy) is 1. The highest BCUT2D eigenvalue weighted by molar-refractivity contribution is 7.89. The first-order chi connectivity index (χ1) is 15.2. The largest absolute Gasteiger partial charge is 0.484 e. The molecule has 0 atom stereocenters. The highest BCUT2D eigenvalue weighted by Gasteiger charge is 2.39. The number of fused-ring (bicyclic) bond motifs is 1. The van der Waals surface area contributed by atoms with Gasteiger partial charge in [-0.3, -0.25) is 4.79 Å². The molecule has 172 valence electrons. The minimum atomic E-state index is -4.78. The third-order valence-corrected chi connectivity index (χ3v) is 7.79. The molecule has 6 nitrogen and oxygen atoms in total. The van der Waals surface area contributed by atoms with Crippen LogP contribution in [0.5, 0.6) is 5.75 Å². The Morgan fingerprint density at radius 3 is 2.38 bits per heavy atom. The molecule has 0 unspecified atom stereocenters. The summed E-state index contributed by atoms with van der Waals surface area (Å²) in [6.07, 6.45) is -1.63. The second kappa shape index (κ2) is 8.74. The molecule has 1 aliphatic heterocycles. The van der Waals surface area contributed by atoms with E-state index in [9.17, 15) is 26.4 Å². The number of hydrogen-bond acceptors (Lipinski definition) is 4. The predicted octanol–water partition coefficient (Wildman–Crippen LogP) is 3.11. The van der Waals surface area contributed by atoms with Gasteiger partial charge in [0.1, 0.15) is 5.75 Å². The summed E-state index contributed by atoms with van der Waals surface area (Å²) in [7, 11) is -4.34. The van der Waals surface area contributed by atoms with E-state index in [-0.39, 0.29) is 38.7 Å². The Labute approximate surface area is 184 Å². The first kappa shape index (κ1) is 22.6. The molecule has 4 rings (SSSR count). The topological polar surface area (TPSA) is 66.9 Å². The quantitative estimate of drug-likeness (QED) is 0.677. The van der Waals surface area contributed by atoms with E-state index < -0.39 is 26.7 Å². The SMILES string of the molecule is O=C(COc1ccc2c(c1)CCC2)N1CCN(S(=O)(=O)c2ccccc2C(F)(F)F)CC1. The number of carbonyl (C=O) groups is 1. The summed E-state index contributed by atoms with van der Waals surface area (Å²) in [6.45, 7) is -0.180. The Hall–Kier alpha value is -2.59. The van der Waals surface area contributed by atoms with Crippen LogP contribution in [0.25, 0.3) is 0 Å². The van der Waals surface area contributed by atoms with E-state index in [0.717, 1.165) is 41.8 Å². The summed E-state index contributed by atoms with van der Waals surface area (Å²) in [5.41, 5.74) is 1.34. The Kier molecular flexibility index (Phi) is 6.17. The highest BCUT2D eigenvalue weighted by Crippen LogP contribution is 2.35. The van der Waals surface area contributed by atoms with Gasteiger partial charge in [0.05, 0.1) is 10.5 Å². The Morgan fingerprint density at radius 1 is 0.969 bits per heavy atom. The fraction of sp³-hybridized carbons (Fsp3) is 0.409. The van der Waals surface area contributed by atoms with E-state index in [1.807, 2.05) is 18.2 Å². The fourth-order valence-corrected chi connectivity index (χ4v) is 5.75. The van der Waals surface area contributed by atoms with Crippen molar-refractivity contribution in [1.82, 2.24) is 9.21 Å². The molecule has 0 bridgehead atoms. The van der Waals surface area contributed by atoms with Crippen molar-refractivity contribution in [2.24, 2.45) is 0 Å². The average molecular weight is 468 g/mol. The normalized spacial score (nSPS) is 17.3. The van der Waals surface area contributed by atoms with Crippen LogP contribution < -0.4 is 4.74 Å². The molecular weight excluding hydrogens is 445 g/mol. The standard InChI is InChI=1S/C22H23F3N2O4S/c23-22(24,25)19-6-1-2-7-20(19)32(29,30)27-12-10-26(11-13-27)21(28)15-31-18-9-8-16-4-3-5-17(16)14-18/h1-2,6-9,14H,3-5,10-13,15H2. The summed E-state index contributed by atoms with van der Waals surface area (Å²) in [5, 5.41) is 0. The lowest BCUT2D eigenvalue weighted by molar-refractivity contribution is -0.139. The number of sulfonamides is 1. The molecule has 0 N–H and O–H groups in total. The van der Waals surface area contributed by atoms with Crippen LogP contribution >= 0.6 is 0 Å². The number of piperazine rings is 1. The maximum Gasteiger partial charge on any atom is 0.417 e. The van der Waals surface area contributed by atoms with Crippen LogP contribution in [0.1, 0.15) is 23.1 Å². The number of nitrogens with zero attached hydrogens (tertiary/aromatic N) is 2. The third kappa shape index (κ3) is 4.61. The summed E-state index contributed by atoms with van der Waals surface area (Å²) >= 11 is 0. The molecule has 1 amide bonds. The summed E-state index contributed by atoms with van der Waals surface area (Å²) < 4.78 is 72.1. The van der Waals surface area contributed by atoms with Crippen LogP contribution in [-0.2, 0) is 33.8 Å². The van der Waals surface area contributed by atoms with Crippen LogP contribution in [0, 0.1) is 0 Å². The van der Waals surface area contributed by atoms with Crippen LogP contribution in [0.3, 0.4) is 0 Å².